The van der Waals surface area contributed by atoms with Crippen LogP contribution in [0.2, 0.25) is 0 Å². The predicted molar refractivity (Wildman–Crippen MR) is 128 cm³/mol. The molecule has 37 heavy (non-hydrogen) atoms. The number of urea groups is 1. The first-order chi connectivity index (χ1) is 17.3. The van der Waals surface area contributed by atoms with E-state index in [0.29, 0.717) is 10.5 Å². The molecule has 0 radical (unpaired) electrons. The number of benzene rings is 1. The number of imide groups is 1. The number of likely N-dealkylation sites (N-methyl/N-ethyl adjacent to an activating group) is 1. The van der Waals surface area contributed by atoms with Gasteiger partial charge in [0.1, 0.15) is 21.6 Å². The highest BCUT2D eigenvalue weighted by atomic mass is 32.2. The monoisotopic (exact) mass is 538 g/mol. The normalized spacial score (nSPS) is 18.6. The highest BCUT2D eigenvalue weighted by Gasteiger charge is 2.40. The average Bonchev–Trinajstić information content (AvgIpc) is 2.82. The minimum Gasteiger partial charge on any atom is -0.534 e. The molecule has 1 saturated heterocycles. The van der Waals surface area contributed by atoms with Crippen LogP contribution in [0.1, 0.15) is 29.3 Å². The molecule has 200 valence electrons. The van der Waals surface area contributed by atoms with Crippen molar-refractivity contribution in [1.82, 2.24) is 20.4 Å². The molecule has 4 N–H and O–H groups in total. The zero-order chi connectivity index (χ0) is 27.5. The number of sulfone groups is 1. The number of fused-ring (bicyclic) bond motifs is 1. The largest absolute Gasteiger partial charge is 0.547 e. The molecule has 0 aromatic heterocycles. The fourth-order valence-electron chi connectivity index (χ4n) is 4.00. The molecular weight excluding hydrogens is 511 g/mol. The Labute approximate surface area is 213 Å². The van der Waals surface area contributed by atoms with E-state index in [4.69, 9.17) is 4.65 Å². The topological polar surface area (TPSA) is 200 Å². The number of carboxylic acid groups (broad SMARTS) is 1. The van der Waals surface area contributed by atoms with E-state index < -0.39 is 64.4 Å². The molecule has 1 aromatic rings. The maximum atomic E-state index is 13.1. The van der Waals surface area contributed by atoms with E-state index in [1.807, 2.05) is 0 Å². The number of piperazine rings is 1. The summed E-state index contributed by atoms with van der Waals surface area (Å²) in [4.78, 5) is 63.6. The molecule has 5 amide bonds. The number of nitrogens with zero attached hydrogens (tertiary/aromatic N) is 2. The molecule has 2 heterocycles. The van der Waals surface area contributed by atoms with Crippen molar-refractivity contribution in [2.75, 3.05) is 31.6 Å². The summed E-state index contributed by atoms with van der Waals surface area (Å²) in [5.41, 5.74) is 0.243. The Kier molecular flexibility index (Phi) is 8.43. The van der Waals surface area contributed by atoms with E-state index >= 15 is 0 Å². The van der Waals surface area contributed by atoms with Crippen molar-refractivity contribution in [3.05, 3.63) is 29.3 Å². The van der Waals surface area contributed by atoms with Crippen molar-refractivity contribution in [3.8, 4) is 5.75 Å². The lowest BCUT2D eigenvalue weighted by Crippen LogP contribution is -2.62. The lowest BCUT2D eigenvalue weighted by molar-refractivity contribution is -0.153. The Hall–Kier alpha value is -3.66. The Morgan fingerprint density at radius 1 is 1.22 bits per heavy atom. The number of carboxylic acids is 1. The summed E-state index contributed by atoms with van der Waals surface area (Å²) < 4.78 is 28.8. The van der Waals surface area contributed by atoms with Crippen LogP contribution in [-0.4, -0.2) is 109 Å². The van der Waals surface area contributed by atoms with Crippen molar-refractivity contribution in [2.24, 2.45) is 0 Å². The minimum atomic E-state index is -3.54. The van der Waals surface area contributed by atoms with Crippen LogP contribution in [-0.2, 0) is 30.6 Å². The van der Waals surface area contributed by atoms with Crippen molar-refractivity contribution < 1.29 is 47.2 Å². The number of para-hydroxylation sites is 1. The van der Waals surface area contributed by atoms with Gasteiger partial charge in [0.25, 0.3) is 0 Å². The predicted octanol–water partition coefficient (Wildman–Crippen LogP) is -1.97. The van der Waals surface area contributed by atoms with Crippen LogP contribution in [0, 0.1) is 0 Å². The number of aromatic carboxylic acids is 1. The van der Waals surface area contributed by atoms with Gasteiger partial charge in [0, 0.05) is 25.9 Å². The first kappa shape index (κ1) is 27.9. The zero-order valence-electron chi connectivity index (χ0n) is 20.2. The third-order valence-electron chi connectivity index (χ3n) is 6.00. The molecule has 16 heteroatoms. The summed E-state index contributed by atoms with van der Waals surface area (Å²) in [6, 6.07) is 1.87. The first-order valence-corrected chi connectivity index (χ1v) is 13.5. The molecule has 2 aliphatic rings. The van der Waals surface area contributed by atoms with Gasteiger partial charge >= 0.3 is 30.9 Å². The van der Waals surface area contributed by atoms with Gasteiger partial charge in [-0.25, -0.2) is 18.0 Å². The number of hydrogen-bond donors (Lipinski definition) is 4. The third kappa shape index (κ3) is 6.57. The van der Waals surface area contributed by atoms with Gasteiger partial charge in [-0.05, 0) is 31.4 Å². The van der Waals surface area contributed by atoms with E-state index in [1.165, 1.54) is 17.0 Å². The molecule has 3 rings (SSSR count). The molecule has 0 unspecified atom stereocenters. The molecule has 0 bridgehead atoms. The SMILES string of the molecule is CCN1CCN(C(=O)N[C@@H](CCS(C)(=O)=O)C(=O)N[C@H]2Cc3cccc(C(=O)O)c3OB2O)C(=O)C1=O. The lowest BCUT2D eigenvalue weighted by atomic mass is 9.72. The van der Waals surface area contributed by atoms with Crippen LogP contribution in [0.15, 0.2) is 18.2 Å². The van der Waals surface area contributed by atoms with Gasteiger partial charge in [0.2, 0.25) is 5.91 Å². The van der Waals surface area contributed by atoms with Gasteiger partial charge in [0.05, 0.1) is 17.3 Å². The number of rotatable bonds is 8. The molecular formula is C21H27BN4O10S. The second-order valence-electron chi connectivity index (χ2n) is 8.69. The summed E-state index contributed by atoms with van der Waals surface area (Å²) in [5, 5.41) is 24.5. The van der Waals surface area contributed by atoms with Gasteiger partial charge in [0.15, 0.2) is 0 Å². The first-order valence-electron chi connectivity index (χ1n) is 11.4. The van der Waals surface area contributed by atoms with Gasteiger partial charge in [-0.3, -0.25) is 19.3 Å². The second-order valence-corrected chi connectivity index (χ2v) is 10.9. The number of carbonyl (C=O) groups is 5. The van der Waals surface area contributed by atoms with E-state index in [9.17, 15) is 42.5 Å². The Morgan fingerprint density at radius 2 is 1.92 bits per heavy atom. The highest BCUT2D eigenvalue weighted by molar-refractivity contribution is 7.90. The molecule has 1 fully saturated rings. The van der Waals surface area contributed by atoms with Crippen LogP contribution in [0.25, 0.3) is 0 Å². The summed E-state index contributed by atoms with van der Waals surface area (Å²) in [6.07, 6.45) is 0.588. The average molecular weight is 538 g/mol. The number of amides is 5. The molecule has 1 aromatic carbocycles. The number of carbonyl (C=O) groups excluding carboxylic acids is 4. The maximum Gasteiger partial charge on any atom is 0.547 e. The highest BCUT2D eigenvalue weighted by Crippen LogP contribution is 2.30. The summed E-state index contributed by atoms with van der Waals surface area (Å²) >= 11 is 0. The number of nitrogens with one attached hydrogen (secondary N) is 2. The van der Waals surface area contributed by atoms with Gasteiger partial charge < -0.3 is 30.3 Å². The summed E-state index contributed by atoms with van der Waals surface area (Å²) in [6.45, 7) is 1.96. The van der Waals surface area contributed by atoms with E-state index in [1.54, 1.807) is 13.0 Å². The van der Waals surface area contributed by atoms with E-state index in [-0.39, 0.29) is 43.8 Å². The molecule has 0 aliphatic carbocycles. The molecule has 0 spiro atoms. The van der Waals surface area contributed by atoms with Gasteiger partial charge in [-0.15, -0.1) is 0 Å². The van der Waals surface area contributed by atoms with Crippen LogP contribution >= 0.6 is 0 Å². The molecule has 2 atom stereocenters. The molecule has 14 nitrogen and oxygen atoms in total. The van der Waals surface area contributed by atoms with Crippen molar-refractivity contribution in [3.63, 3.8) is 0 Å². The van der Waals surface area contributed by atoms with Crippen molar-refractivity contribution in [1.29, 1.82) is 0 Å². The lowest BCUT2D eigenvalue weighted by Gasteiger charge is -2.33. The fourth-order valence-corrected chi connectivity index (χ4v) is 4.66. The van der Waals surface area contributed by atoms with Gasteiger partial charge in [-0.1, -0.05) is 12.1 Å². The van der Waals surface area contributed by atoms with Crippen LogP contribution < -0.4 is 15.3 Å². The summed E-state index contributed by atoms with van der Waals surface area (Å²) in [7, 11) is -5.18. The van der Waals surface area contributed by atoms with Crippen LogP contribution in [0.5, 0.6) is 5.75 Å². The fraction of sp³-hybridized carbons (Fsp3) is 0.476. The van der Waals surface area contributed by atoms with Crippen molar-refractivity contribution >= 4 is 46.7 Å². The molecule has 0 saturated carbocycles. The van der Waals surface area contributed by atoms with Crippen LogP contribution in [0.4, 0.5) is 4.79 Å². The van der Waals surface area contributed by atoms with Gasteiger partial charge in [-0.2, -0.15) is 0 Å². The Morgan fingerprint density at radius 3 is 2.54 bits per heavy atom. The van der Waals surface area contributed by atoms with Crippen molar-refractivity contribution in [2.45, 2.75) is 31.7 Å². The smallest absolute Gasteiger partial charge is 0.534 e. The zero-order valence-corrected chi connectivity index (χ0v) is 21.0. The van der Waals surface area contributed by atoms with Crippen LogP contribution in [0.3, 0.4) is 0 Å². The second kappa shape index (κ2) is 11.2. The quantitative estimate of drug-likeness (QED) is 0.213. The molecule has 2 aliphatic heterocycles. The minimum absolute atomic E-state index is 0.0118. The standard InChI is InChI=1S/C21H27BN4O10S/c1-3-25-8-9-26(19(29)18(25)28)21(32)23-14(7-10-37(2,34)35)17(27)24-15-11-12-5-4-6-13(20(30)31)16(12)36-22(15)33/h4-6,14-15,33H,3,7-11H2,1-2H3,(H,23,32)(H,24,27)(H,30,31)/t14-,15-/m0/s1. The Bertz CT molecular complexity index is 1220. The van der Waals surface area contributed by atoms with E-state index in [2.05, 4.69) is 10.6 Å². The third-order valence-corrected chi connectivity index (χ3v) is 6.98. The maximum absolute atomic E-state index is 13.1. The summed E-state index contributed by atoms with van der Waals surface area (Å²) in [5.74, 6) is -5.65. The number of hydrogen-bond acceptors (Lipinski definition) is 9. The van der Waals surface area contributed by atoms with E-state index in [0.717, 1.165) is 6.26 Å². The Balaban J connectivity index is 1.75.